The summed E-state index contributed by atoms with van der Waals surface area (Å²) in [7, 11) is -1.97. The predicted molar refractivity (Wildman–Crippen MR) is 172 cm³/mol. The molecule has 2 aliphatic rings. The number of ether oxygens (including phenoxy) is 2. The highest BCUT2D eigenvalue weighted by molar-refractivity contribution is 7.09. The van der Waals surface area contributed by atoms with E-state index in [1.54, 1.807) is 6.20 Å². The number of aromatic nitrogens is 3. The van der Waals surface area contributed by atoms with Crippen LogP contribution < -0.4 is 15.5 Å². The zero-order valence-electron chi connectivity index (χ0n) is 26.5. The van der Waals surface area contributed by atoms with Gasteiger partial charge in [0.05, 0.1) is 23.8 Å². The Labute approximate surface area is 260 Å². The molecule has 2 N–H and O–H groups in total. The summed E-state index contributed by atoms with van der Waals surface area (Å²) in [6.07, 6.45) is 3.57. The van der Waals surface area contributed by atoms with Crippen molar-refractivity contribution in [3.8, 4) is 10.6 Å². The third-order valence-corrected chi connectivity index (χ3v) is 13.9. The monoisotopic (exact) mass is 638 g/mol. The molecule has 2 atom stereocenters. The van der Waals surface area contributed by atoms with Gasteiger partial charge in [0.2, 0.25) is 5.95 Å². The molecule has 4 rings (SSSR count). The van der Waals surface area contributed by atoms with E-state index in [9.17, 15) is 4.79 Å². The number of alkyl carbamates (subject to hydrolysis) is 1. The van der Waals surface area contributed by atoms with E-state index in [0.29, 0.717) is 24.2 Å². The molecule has 0 aliphatic carbocycles. The number of halogens is 1. The second-order valence-corrected chi connectivity index (χ2v) is 20.1. The second-order valence-electron chi connectivity index (χ2n) is 14.2. The maximum atomic E-state index is 12.3. The lowest BCUT2D eigenvalue weighted by atomic mass is 9.90. The van der Waals surface area contributed by atoms with Crippen molar-refractivity contribution in [1.29, 1.82) is 0 Å². The fraction of sp³-hybridized carbons (Fsp3) is 0.724. The van der Waals surface area contributed by atoms with Crippen molar-refractivity contribution in [2.45, 2.75) is 109 Å². The zero-order chi connectivity index (χ0) is 30.9. The number of amides is 1. The van der Waals surface area contributed by atoms with Crippen molar-refractivity contribution in [3.05, 3.63) is 17.3 Å². The molecule has 4 heterocycles. The van der Waals surface area contributed by atoms with Crippen molar-refractivity contribution in [1.82, 2.24) is 19.7 Å². The van der Waals surface area contributed by atoms with E-state index in [2.05, 4.69) is 65.7 Å². The van der Waals surface area contributed by atoms with Crippen LogP contribution in [0.1, 0.15) is 67.7 Å². The number of nitrogens with zero attached hydrogens (tertiary/aromatic N) is 4. The summed E-state index contributed by atoms with van der Waals surface area (Å²) < 4.78 is 22.6. The van der Waals surface area contributed by atoms with Crippen molar-refractivity contribution in [2.75, 3.05) is 36.5 Å². The fourth-order valence-electron chi connectivity index (χ4n) is 4.75. The first-order valence-corrected chi connectivity index (χ1v) is 18.8. The lowest BCUT2D eigenvalue weighted by Gasteiger charge is -2.43. The number of carbonyl (C=O) groups excluding carboxylic acids is 1. The molecule has 0 unspecified atom stereocenters. The number of carbonyl (C=O) groups is 1. The average molecular weight is 639 g/mol. The van der Waals surface area contributed by atoms with Gasteiger partial charge in [-0.2, -0.15) is 9.36 Å². The molecule has 1 amide bonds. The molecule has 2 aromatic rings. The Hall–Kier alpha value is -1.99. The van der Waals surface area contributed by atoms with Crippen LogP contribution in [0.5, 0.6) is 0 Å². The normalized spacial score (nSPS) is 21.6. The number of pyridine rings is 1. The Kier molecular flexibility index (Phi) is 9.83. The quantitative estimate of drug-likeness (QED) is 0.319. The van der Waals surface area contributed by atoms with Crippen molar-refractivity contribution in [3.63, 3.8) is 0 Å². The van der Waals surface area contributed by atoms with Crippen LogP contribution in [-0.2, 0) is 13.9 Å². The summed E-state index contributed by atoms with van der Waals surface area (Å²) in [5.41, 5.74) is -0.0834. The van der Waals surface area contributed by atoms with Gasteiger partial charge in [0.1, 0.15) is 16.4 Å². The molecule has 2 fully saturated rings. The maximum Gasteiger partial charge on any atom is 0.408 e. The van der Waals surface area contributed by atoms with Crippen molar-refractivity contribution >= 4 is 49.3 Å². The van der Waals surface area contributed by atoms with Crippen LogP contribution in [0.2, 0.25) is 23.2 Å². The van der Waals surface area contributed by atoms with Gasteiger partial charge in [-0.05, 0) is 82.7 Å². The molecular formula is C29H47ClN6O4SSi. The SMILES string of the molecule is CC1(NC(=O)OC(C)(C)C)CCN(c2nsc(-c3cc(N[C@@H]4CCOC[C@H]4O[Si](C)(C)C(C)(C)C)ncc3Cl)n2)CC1. The summed E-state index contributed by atoms with van der Waals surface area (Å²) in [5.74, 6) is 1.40. The largest absolute Gasteiger partial charge is 0.444 e. The van der Waals surface area contributed by atoms with Gasteiger partial charge in [-0.15, -0.1) is 0 Å². The summed E-state index contributed by atoms with van der Waals surface area (Å²) >= 11 is 7.93. The van der Waals surface area contributed by atoms with Crippen LogP contribution in [0.4, 0.5) is 16.6 Å². The van der Waals surface area contributed by atoms with Gasteiger partial charge in [-0.1, -0.05) is 32.4 Å². The summed E-state index contributed by atoms with van der Waals surface area (Å²) in [6, 6.07) is 2.03. The molecule has 0 spiro atoms. The lowest BCUT2D eigenvalue weighted by Crippen LogP contribution is -2.54. The molecular weight excluding hydrogens is 592 g/mol. The Morgan fingerprint density at radius 3 is 2.55 bits per heavy atom. The van der Waals surface area contributed by atoms with Gasteiger partial charge in [0, 0.05) is 37.0 Å². The van der Waals surface area contributed by atoms with E-state index in [1.165, 1.54) is 11.5 Å². The second kappa shape index (κ2) is 12.5. The molecule has 234 valence electrons. The van der Waals surface area contributed by atoms with Gasteiger partial charge in [0.15, 0.2) is 8.32 Å². The first-order chi connectivity index (χ1) is 19.4. The lowest BCUT2D eigenvalue weighted by molar-refractivity contribution is -0.00702. The molecule has 0 aromatic carbocycles. The Morgan fingerprint density at radius 2 is 1.90 bits per heavy atom. The highest BCUT2D eigenvalue weighted by atomic mass is 35.5. The molecule has 0 radical (unpaired) electrons. The first kappa shape index (κ1) is 32.9. The number of anilines is 2. The minimum atomic E-state index is -1.97. The molecule has 13 heteroatoms. The van der Waals surface area contributed by atoms with E-state index in [4.69, 9.17) is 30.5 Å². The highest BCUT2D eigenvalue weighted by Crippen LogP contribution is 2.39. The van der Waals surface area contributed by atoms with Gasteiger partial charge in [0.25, 0.3) is 0 Å². The maximum absolute atomic E-state index is 12.3. The zero-order valence-corrected chi connectivity index (χ0v) is 29.0. The molecule has 2 aliphatic heterocycles. The number of piperidine rings is 1. The molecule has 2 saturated heterocycles. The number of rotatable bonds is 7. The van der Waals surface area contributed by atoms with Gasteiger partial charge < -0.3 is 29.4 Å². The van der Waals surface area contributed by atoms with Crippen LogP contribution in [0.15, 0.2) is 12.3 Å². The first-order valence-electron chi connectivity index (χ1n) is 14.7. The van der Waals surface area contributed by atoms with Crippen LogP contribution in [-0.4, -0.2) is 78.3 Å². The number of hydrogen-bond donors (Lipinski definition) is 2. The average Bonchev–Trinajstić information content (AvgIpc) is 3.34. The molecule has 0 bridgehead atoms. The van der Waals surface area contributed by atoms with E-state index in [-0.39, 0.29) is 28.8 Å². The summed E-state index contributed by atoms with van der Waals surface area (Å²) in [5, 5.41) is 8.02. The predicted octanol–water partition coefficient (Wildman–Crippen LogP) is 6.73. The van der Waals surface area contributed by atoms with Crippen LogP contribution >= 0.6 is 23.1 Å². The van der Waals surface area contributed by atoms with Gasteiger partial charge in [-0.25, -0.2) is 9.78 Å². The minimum Gasteiger partial charge on any atom is -0.444 e. The Balaban J connectivity index is 1.42. The highest BCUT2D eigenvalue weighted by Gasteiger charge is 2.42. The Morgan fingerprint density at radius 1 is 1.21 bits per heavy atom. The third-order valence-electron chi connectivity index (χ3n) is 8.34. The van der Waals surface area contributed by atoms with Gasteiger partial charge in [-0.3, -0.25) is 0 Å². The van der Waals surface area contributed by atoms with Crippen molar-refractivity contribution in [2.24, 2.45) is 0 Å². The molecule has 10 nitrogen and oxygen atoms in total. The van der Waals surface area contributed by atoms with E-state index < -0.39 is 13.9 Å². The van der Waals surface area contributed by atoms with E-state index in [0.717, 1.165) is 48.7 Å². The van der Waals surface area contributed by atoms with Crippen LogP contribution in [0, 0.1) is 0 Å². The topological polar surface area (TPSA) is 111 Å². The number of hydrogen-bond acceptors (Lipinski definition) is 10. The van der Waals surface area contributed by atoms with Crippen molar-refractivity contribution < 1.29 is 18.7 Å². The smallest absolute Gasteiger partial charge is 0.408 e. The fourth-order valence-corrected chi connectivity index (χ4v) is 7.05. The van der Waals surface area contributed by atoms with E-state index in [1.807, 2.05) is 26.8 Å². The Bertz CT molecular complexity index is 1240. The standard InChI is InChI=1S/C29H47ClN6O4SSi/c1-27(2,3)39-26(37)34-29(7)11-13-36(14-12-29)25-33-24(41-35-25)19-16-23(31-17-20(19)30)32-21-10-15-38-18-22(21)40-42(8,9)28(4,5)6/h16-17,21-22H,10-15,18H2,1-9H3,(H,31,32)(H,34,37)/t21-,22-/m1/s1. The molecule has 2 aromatic heterocycles. The number of nitrogens with one attached hydrogen (secondary N) is 2. The van der Waals surface area contributed by atoms with Crippen LogP contribution in [0.3, 0.4) is 0 Å². The van der Waals surface area contributed by atoms with E-state index >= 15 is 0 Å². The summed E-state index contributed by atoms with van der Waals surface area (Å²) in [6.45, 7) is 21.6. The molecule has 0 saturated carbocycles. The van der Waals surface area contributed by atoms with Crippen LogP contribution in [0.25, 0.3) is 10.6 Å². The summed E-state index contributed by atoms with van der Waals surface area (Å²) in [4.78, 5) is 23.9. The van der Waals surface area contributed by atoms with Gasteiger partial charge >= 0.3 is 6.09 Å². The molecule has 42 heavy (non-hydrogen) atoms. The minimum absolute atomic E-state index is 0.0525. The third kappa shape index (κ3) is 8.34.